The predicted molar refractivity (Wildman–Crippen MR) is 77.4 cm³/mol. The molecule has 19 heavy (non-hydrogen) atoms. The van der Waals surface area contributed by atoms with Gasteiger partial charge in [-0.3, -0.25) is 4.79 Å². The number of carbonyl (C=O) groups is 1. The third kappa shape index (κ3) is 2.06. The SMILES string of the molecule is CC(C)(C)c1ccc2c(c1)CCN2C(=O)C1(N)CC1. The minimum absolute atomic E-state index is 0.106. The van der Waals surface area contributed by atoms with Crippen LogP contribution in [0.5, 0.6) is 0 Å². The van der Waals surface area contributed by atoms with Crippen LogP contribution in [-0.4, -0.2) is 18.0 Å². The molecule has 1 fully saturated rings. The fraction of sp³-hybridized carbons (Fsp3) is 0.562. The Kier molecular flexibility index (Phi) is 2.55. The first kappa shape index (κ1) is 12.7. The Hall–Kier alpha value is -1.35. The van der Waals surface area contributed by atoms with Crippen LogP contribution in [0, 0.1) is 0 Å². The Morgan fingerprint density at radius 3 is 2.58 bits per heavy atom. The highest BCUT2D eigenvalue weighted by Crippen LogP contribution is 2.39. The molecule has 1 aromatic rings. The van der Waals surface area contributed by atoms with Crippen LogP contribution in [0.1, 0.15) is 44.7 Å². The molecule has 3 rings (SSSR count). The average molecular weight is 258 g/mol. The number of anilines is 1. The molecule has 0 unspecified atom stereocenters. The molecule has 2 N–H and O–H groups in total. The number of nitrogens with two attached hydrogens (primary N) is 1. The zero-order valence-corrected chi connectivity index (χ0v) is 12.0. The van der Waals surface area contributed by atoms with Gasteiger partial charge in [0.05, 0.1) is 5.54 Å². The molecular weight excluding hydrogens is 236 g/mol. The molecule has 0 bridgehead atoms. The molecule has 1 amide bonds. The van der Waals surface area contributed by atoms with Gasteiger partial charge in [-0.15, -0.1) is 0 Å². The first-order chi connectivity index (χ1) is 8.81. The summed E-state index contributed by atoms with van der Waals surface area (Å²) < 4.78 is 0. The maximum absolute atomic E-state index is 12.4. The number of fused-ring (bicyclic) bond motifs is 1. The lowest BCUT2D eigenvalue weighted by Crippen LogP contribution is -2.45. The zero-order chi connectivity index (χ0) is 13.8. The monoisotopic (exact) mass is 258 g/mol. The van der Waals surface area contributed by atoms with Crippen molar-refractivity contribution in [3.63, 3.8) is 0 Å². The first-order valence-corrected chi connectivity index (χ1v) is 7.05. The van der Waals surface area contributed by atoms with Crippen molar-refractivity contribution >= 4 is 11.6 Å². The van der Waals surface area contributed by atoms with Crippen molar-refractivity contribution in [1.29, 1.82) is 0 Å². The van der Waals surface area contributed by atoms with E-state index in [0.29, 0.717) is 0 Å². The predicted octanol–water partition coefficient (Wildman–Crippen LogP) is 2.36. The second kappa shape index (κ2) is 3.83. The Morgan fingerprint density at radius 2 is 2.00 bits per heavy atom. The summed E-state index contributed by atoms with van der Waals surface area (Å²) in [7, 11) is 0. The van der Waals surface area contributed by atoms with Crippen molar-refractivity contribution in [3.8, 4) is 0 Å². The van der Waals surface area contributed by atoms with Gasteiger partial charge < -0.3 is 10.6 Å². The first-order valence-electron chi connectivity index (χ1n) is 7.05. The van der Waals surface area contributed by atoms with E-state index in [4.69, 9.17) is 5.73 Å². The Bertz CT molecular complexity index is 538. The van der Waals surface area contributed by atoms with Crippen molar-refractivity contribution in [1.82, 2.24) is 0 Å². The summed E-state index contributed by atoms with van der Waals surface area (Å²) in [4.78, 5) is 14.3. The average Bonchev–Trinajstić information content (AvgIpc) is 2.95. The van der Waals surface area contributed by atoms with Gasteiger partial charge >= 0.3 is 0 Å². The molecule has 0 atom stereocenters. The van der Waals surface area contributed by atoms with Gasteiger partial charge in [-0.25, -0.2) is 0 Å². The van der Waals surface area contributed by atoms with Gasteiger partial charge in [0.15, 0.2) is 0 Å². The molecule has 0 spiro atoms. The molecule has 0 saturated heterocycles. The molecule has 1 saturated carbocycles. The normalized spacial score (nSPS) is 20.3. The molecule has 102 valence electrons. The fourth-order valence-corrected chi connectivity index (χ4v) is 2.70. The van der Waals surface area contributed by atoms with Crippen molar-refractivity contribution in [3.05, 3.63) is 29.3 Å². The number of nitrogens with zero attached hydrogens (tertiary/aromatic N) is 1. The van der Waals surface area contributed by atoms with E-state index < -0.39 is 5.54 Å². The molecule has 0 aromatic heterocycles. The Labute approximate surface area is 114 Å². The number of carbonyl (C=O) groups excluding carboxylic acids is 1. The van der Waals surface area contributed by atoms with Gasteiger partial charge in [0, 0.05) is 12.2 Å². The molecule has 1 heterocycles. The summed E-state index contributed by atoms with van der Waals surface area (Å²) in [6.45, 7) is 7.42. The highest BCUT2D eigenvalue weighted by Gasteiger charge is 2.49. The second-order valence-electron chi connectivity index (χ2n) is 6.96. The number of amides is 1. The van der Waals surface area contributed by atoms with E-state index in [1.54, 1.807) is 0 Å². The summed E-state index contributed by atoms with van der Waals surface area (Å²) in [5.74, 6) is 0.106. The maximum atomic E-state index is 12.4. The molecule has 0 radical (unpaired) electrons. The number of hydrogen-bond acceptors (Lipinski definition) is 2. The van der Waals surface area contributed by atoms with Gasteiger partial charge in [0.1, 0.15) is 0 Å². The van der Waals surface area contributed by atoms with Crippen LogP contribution in [0.2, 0.25) is 0 Å². The number of benzene rings is 1. The molecule has 2 aliphatic rings. The topological polar surface area (TPSA) is 46.3 Å². The molecular formula is C16H22N2O. The summed E-state index contributed by atoms with van der Waals surface area (Å²) in [6, 6.07) is 6.48. The van der Waals surface area contributed by atoms with Crippen molar-refractivity contribution in [2.75, 3.05) is 11.4 Å². The third-order valence-electron chi connectivity index (χ3n) is 4.30. The van der Waals surface area contributed by atoms with Crippen LogP contribution >= 0.6 is 0 Å². The largest absolute Gasteiger partial charge is 0.317 e. The third-order valence-corrected chi connectivity index (χ3v) is 4.30. The number of rotatable bonds is 1. The van der Waals surface area contributed by atoms with E-state index in [1.165, 1.54) is 11.1 Å². The highest BCUT2D eigenvalue weighted by atomic mass is 16.2. The number of hydrogen-bond donors (Lipinski definition) is 1. The lowest BCUT2D eigenvalue weighted by Gasteiger charge is -2.23. The van der Waals surface area contributed by atoms with Crippen molar-refractivity contribution in [2.24, 2.45) is 5.73 Å². The zero-order valence-electron chi connectivity index (χ0n) is 12.0. The van der Waals surface area contributed by atoms with Gasteiger partial charge in [-0.1, -0.05) is 32.9 Å². The van der Waals surface area contributed by atoms with E-state index >= 15 is 0 Å². The summed E-state index contributed by atoms with van der Waals surface area (Å²) in [5, 5.41) is 0. The maximum Gasteiger partial charge on any atom is 0.247 e. The van der Waals surface area contributed by atoms with Crippen LogP contribution < -0.4 is 10.6 Å². The standard InChI is InChI=1S/C16H22N2O/c1-15(2,3)12-4-5-13-11(10-12)6-9-18(13)14(19)16(17)7-8-16/h4-5,10H,6-9,17H2,1-3H3. The van der Waals surface area contributed by atoms with Gasteiger partial charge in [-0.2, -0.15) is 0 Å². The van der Waals surface area contributed by atoms with Gasteiger partial charge in [0.25, 0.3) is 0 Å². The van der Waals surface area contributed by atoms with Gasteiger partial charge in [-0.05, 0) is 41.9 Å². The Balaban J connectivity index is 1.92. The summed E-state index contributed by atoms with van der Waals surface area (Å²) in [5.41, 5.74) is 9.30. The van der Waals surface area contributed by atoms with Crippen LogP contribution in [-0.2, 0) is 16.6 Å². The van der Waals surface area contributed by atoms with E-state index in [-0.39, 0.29) is 11.3 Å². The fourth-order valence-electron chi connectivity index (χ4n) is 2.70. The molecule has 1 aliphatic heterocycles. The Morgan fingerprint density at radius 1 is 1.32 bits per heavy atom. The quantitative estimate of drug-likeness (QED) is 0.840. The van der Waals surface area contributed by atoms with Crippen LogP contribution in [0.25, 0.3) is 0 Å². The minimum atomic E-state index is -0.565. The lowest BCUT2D eigenvalue weighted by atomic mass is 9.86. The molecule has 1 aromatic carbocycles. The van der Waals surface area contributed by atoms with E-state index in [9.17, 15) is 4.79 Å². The molecule has 3 heteroatoms. The van der Waals surface area contributed by atoms with Gasteiger partial charge in [0.2, 0.25) is 5.91 Å². The van der Waals surface area contributed by atoms with Crippen molar-refractivity contribution in [2.45, 2.75) is 51.0 Å². The van der Waals surface area contributed by atoms with Crippen molar-refractivity contribution < 1.29 is 4.79 Å². The smallest absolute Gasteiger partial charge is 0.247 e. The van der Waals surface area contributed by atoms with E-state index in [0.717, 1.165) is 31.5 Å². The van der Waals surface area contributed by atoms with Crippen LogP contribution in [0.3, 0.4) is 0 Å². The highest BCUT2D eigenvalue weighted by molar-refractivity contribution is 6.03. The summed E-state index contributed by atoms with van der Waals surface area (Å²) >= 11 is 0. The lowest BCUT2D eigenvalue weighted by molar-refractivity contribution is -0.120. The second-order valence-corrected chi connectivity index (χ2v) is 6.96. The van der Waals surface area contributed by atoms with Crippen LogP contribution in [0.15, 0.2) is 18.2 Å². The molecule has 3 nitrogen and oxygen atoms in total. The molecule has 1 aliphatic carbocycles. The van der Waals surface area contributed by atoms with Crippen LogP contribution in [0.4, 0.5) is 5.69 Å². The summed E-state index contributed by atoms with van der Waals surface area (Å²) in [6.07, 6.45) is 2.61. The van der Waals surface area contributed by atoms with E-state index in [1.807, 2.05) is 4.90 Å². The van der Waals surface area contributed by atoms with E-state index in [2.05, 4.69) is 39.0 Å². The minimum Gasteiger partial charge on any atom is -0.317 e.